The Labute approximate surface area is 146 Å². The first-order chi connectivity index (χ1) is 9.95. The van der Waals surface area contributed by atoms with Crippen LogP contribution in [0.5, 0.6) is 5.75 Å². The van der Waals surface area contributed by atoms with E-state index in [4.69, 9.17) is 0 Å². The molecule has 0 fully saturated rings. The Morgan fingerprint density at radius 3 is 2.38 bits per heavy atom. The maximum atomic E-state index is 12.4. The highest BCUT2D eigenvalue weighted by atomic mass is 79.9. The molecule has 0 saturated heterocycles. The Bertz CT molecular complexity index is 638. The molecule has 2 aromatic carbocycles. The zero-order valence-corrected chi connectivity index (χ0v) is 15.3. The molecule has 0 aliphatic carbocycles. The van der Waals surface area contributed by atoms with Crippen molar-refractivity contribution >= 4 is 53.5 Å². The monoisotopic (exact) mass is 483 g/mol. The average Bonchev–Trinajstić information content (AvgIpc) is 2.42. The second kappa shape index (κ2) is 7.56. The molecule has 112 valence electrons. The molecule has 0 aromatic heterocycles. The molecule has 0 radical (unpaired) electrons. The topological polar surface area (TPSA) is 21.3 Å². The highest BCUT2D eigenvalue weighted by Gasteiger charge is 2.10. The van der Waals surface area contributed by atoms with Gasteiger partial charge in [-0.05, 0) is 52.3 Å². The molecule has 21 heavy (non-hydrogen) atoms. The predicted octanol–water partition coefficient (Wildman–Crippen LogP) is 6.19. The molecule has 2 aromatic rings. The van der Waals surface area contributed by atoms with Crippen molar-refractivity contribution in [3.63, 3.8) is 0 Å². The molecule has 0 heterocycles. The maximum absolute atomic E-state index is 12.4. The second-order valence-electron chi connectivity index (χ2n) is 4.11. The van der Waals surface area contributed by atoms with Gasteiger partial charge in [0.25, 0.3) is 0 Å². The van der Waals surface area contributed by atoms with Crippen molar-refractivity contribution in [1.29, 1.82) is 0 Å². The first-order valence-electron chi connectivity index (χ1n) is 5.88. The zero-order chi connectivity index (χ0) is 15.4. The average molecular weight is 486 g/mol. The van der Waals surface area contributed by atoms with Crippen LogP contribution in [0.4, 0.5) is 14.5 Å². The summed E-state index contributed by atoms with van der Waals surface area (Å²) >= 11 is 10.1. The summed E-state index contributed by atoms with van der Waals surface area (Å²) in [6.07, 6.45) is 0. The normalized spacial score (nSPS) is 10.8. The van der Waals surface area contributed by atoms with Crippen LogP contribution in [0.15, 0.2) is 49.8 Å². The van der Waals surface area contributed by atoms with Crippen molar-refractivity contribution in [2.75, 3.05) is 5.32 Å². The molecule has 1 N–H and O–H groups in total. The lowest BCUT2D eigenvalue weighted by atomic mass is 10.2. The summed E-state index contributed by atoms with van der Waals surface area (Å²) < 4.78 is 32.0. The number of benzene rings is 2. The fourth-order valence-corrected chi connectivity index (χ4v) is 2.88. The minimum absolute atomic E-state index is 0.159. The summed E-state index contributed by atoms with van der Waals surface area (Å²) in [5.74, 6) is 0.159. The number of alkyl halides is 2. The number of halogens is 5. The SMILES string of the molecule is FC(F)Oc1ccc(Br)cc1CNc1cc(Br)ccc1Br. The molecule has 0 saturated carbocycles. The van der Waals surface area contributed by atoms with Crippen LogP contribution in [-0.4, -0.2) is 6.61 Å². The molecule has 0 spiro atoms. The van der Waals surface area contributed by atoms with E-state index in [0.717, 1.165) is 19.1 Å². The van der Waals surface area contributed by atoms with Crippen LogP contribution in [0.2, 0.25) is 0 Å². The lowest BCUT2D eigenvalue weighted by Crippen LogP contribution is -2.07. The molecular weight excluding hydrogens is 476 g/mol. The van der Waals surface area contributed by atoms with Crippen LogP contribution in [0.3, 0.4) is 0 Å². The van der Waals surface area contributed by atoms with Crippen molar-refractivity contribution in [2.45, 2.75) is 13.2 Å². The van der Waals surface area contributed by atoms with Crippen LogP contribution in [0, 0.1) is 0 Å². The quantitative estimate of drug-likeness (QED) is 0.545. The molecule has 0 aliphatic heterocycles. The summed E-state index contributed by atoms with van der Waals surface area (Å²) in [5, 5.41) is 3.19. The van der Waals surface area contributed by atoms with E-state index in [0.29, 0.717) is 12.1 Å². The van der Waals surface area contributed by atoms with Gasteiger partial charge < -0.3 is 10.1 Å². The fraction of sp³-hybridized carbons (Fsp3) is 0.143. The van der Waals surface area contributed by atoms with Crippen molar-refractivity contribution in [2.24, 2.45) is 0 Å². The van der Waals surface area contributed by atoms with E-state index in [1.807, 2.05) is 18.2 Å². The van der Waals surface area contributed by atoms with Crippen LogP contribution >= 0.6 is 47.8 Å². The highest BCUT2D eigenvalue weighted by molar-refractivity contribution is 9.11. The summed E-state index contributed by atoms with van der Waals surface area (Å²) in [4.78, 5) is 0. The number of anilines is 1. The molecule has 0 amide bonds. The van der Waals surface area contributed by atoms with Crippen LogP contribution in [0.1, 0.15) is 5.56 Å². The molecule has 0 bridgehead atoms. The third-order valence-corrected chi connectivity index (χ3v) is 4.31. The molecule has 7 heteroatoms. The minimum Gasteiger partial charge on any atom is -0.434 e. The summed E-state index contributed by atoms with van der Waals surface area (Å²) in [6, 6.07) is 10.6. The maximum Gasteiger partial charge on any atom is 0.387 e. The van der Waals surface area contributed by atoms with E-state index in [1.165, 1.54) is 6.07 Å². The smallest absolute Gasteiger partial charge is 0.387 e. The first kappa shape index (κ1) is 16.7. The van der Waals surface area contributed by atoms with E-state index >= 15 is 0 Å². The van der Waals surface area contributed by atoms with E-state index in [2.05, 4.69) is 57.8 Å². The Kier molecular flexibility index (Phi) is 6.01. The molecule has 0 aliphatic rings. The van der Waals surface area contributed by atoms with Gasteiger partial charge in [0, 0.05) is 31.2 Å². The lowest BCUT2D eigenvalue weighted by molar-refractivity contribution is -0.0504. The van der Waals surface area contributed by atoms with Gasteiger partial charge in [-0.1, -0.05) is 31.9 Å². The summed E-state index contributed by atoms with van der Waals surface area (Å²) in [7, 11) is 0. The molecule has 0 atom stereocenters. The van der Waals surface area contributed by atoms with Crippen molar-refractivity contribution in [3.05, 3.63) is 55.4 Å². The number of ether oxygens (including phenoxy) is 1. The van der Waals surface area contributed by atoms with Gasteiger partial charge in [0.05, 0.1) is 0 Å². The highest BCUT2D eigenvalue weighted by Crippen LogP contribution is 2.29. The van der Waals surface area contributed by atoms with Gasteiger partial charge in [0.2, 0.25) is 0 Å². The Morgan fingerprint density at radius 2 is 1.67 bits per heavy atom. The van der Waals surface area contributed by atoms with Gasteiger partial charge in [-0.3, -0.25) is 0 Å². The second-order valence-corrected chi connectivity index (χ2v) is 6.79. The van der Waals surface area contributed by atoms with Crippen molar-refractivity contribution in [3.8, 4) is 5.75 Å². The van der Waals surface area contributed by atoms with Gasteiger partial charge >= 0.3 is 6.61 Å². The molecule has 0 unspecified atom stereocenters. The van der Waals surface area contributed by atoms with Gasteiger partial charge in [-0.15, -0.1) is 0 Å². The molecule has 2 rings (SSSR count). The van der Waals surface area contributed by atoms with Crippen LogP contribution in [0.25, 0.3) is 0 Å². The van der Waals surface area contributed by atoms with Gasteiger partial charge in [0.15, 0.2) is 0 Å². The third-order valence-electron chi connectivity index (χ3n) is 2.64. The Balaban J connectivity index is 2.18. The molecular formula is C14H10Br3F2NO. The van der Waals surface area contributed by atoms with E-state index < -0.39 is 6.61 Å². The first-order valence-corrected chi connectivity index (χ1v) is 8.26. The Hall–Kier alpha value is -0.660. The van der Waals surface area contributed by atoms with Gasteiger partial charge in [-0.2, -0.15) is 8.78 Å². The number of hydrogen-bond acceptors (Lipinski definition) is 2. The summed E-state index contributed by atoms with van der Waals surface area (Å²) in [6.45, 7) is -2.49. The predicted molar refractivity (Wildman–Crippen MR) is 89.9 cm³/mol. The van der Waals surface area contributed by atoms with Gasteiger partial charge in [0.1, 0.15) is 5.75 Å². The lowest BCUT2D eigenvalue weighted by Gasteiger charge is -2.14. The number of hydrogen-bond donors (Lipinski definition) is 1. The largest absolute Gasteiger partial charge is 0.434 e. The van der Waals surface area contributed by atoms with E-state index in [-0.39, 0.29) is 5.75 Å². The van der Waals surface area contributed by atoms with E-state index in [1.54, 1.807) is 12.1 Å². The van der Waals surface area contributed by atoms with Crippen LogP contribution in [-0.2, 0) is 6.54 Å². The number of nitrogens with one attached hydrogen (secondary N) is 1. The minimum atomic E-state index is -2.84. The third kappa shape index (κ3) is 4.93. The zero-order valence-electron chi connectivity index (χ0n) is 10.5. The van der Waals surface area contributed by atoms with Crippen molar-refractivity contribution < 1.29 is 13.5 Å². The summed E-state index contributed by atoms with van der Waals surface area (Å²) in [5.41, 5.74) is 1.49. The number of rotatable bonds is 5. The van der Waals surface area contributed by atoms with Crippen LogP contribution < -0.4 is 10.1 Å². The molecule has 2 nitrogen and oxygen atoms in total. The Morgan fingerprint density at radius 1 is 1.00 bits per heavy atom. The standard InChI is InChI=1S/C14H10Br3F2NO/c15-9-2-4-13(21-14(18)19)8(5-9)7-20-12-6-10(16)1-3-11(12)17/h1-6,14,20H,7H2. The fourth-order valence-electron chi connectivity index (χ4n) is 1.72. The van der Waals surface area contributed by atoms with Gasteiger partial charge in [-0.25, -0.2) is 0 Å². The van der Waals surface area contributed by atoms with Crippen molar-refractivity contribution in [1.82, 2.24) is 0 Å². The van der Waals surface area contributed by atoms with E-state index in [9.17, 15) is 8.78 Å².